The number of ether oxygens (including phenoxy) is 1. The Bertz CT molecular complexity index is 1110. The van der Waals surface area contributed by atoms with Gasteiger partial charge in [0.2, 0.25) is 0 Å². The standard InChI is InChI=1S/C28H36FN3O4/c1-27(2,3)36-26(34)31-24-17-22(29)10-11-23(24)30-25(33)21-8-6-19(7-9-21)16-20-12-14-32(15-13-20)18-28(4,5)35/h6-11,16-17,35H,12-15,18H2,1-5H3,(H,30,33)(H,31,34). The highest BCUT2D eigenvalue weighted by Crippen LogP contribution is 2.25. The second-order valence-electron chi connectivity index (χ2n) is 10.8. The maximum atomic E-state index is 13.8. The Labute approximate surface area is 212 Å². The third-order valence-corrected chi connectivity index (χ3v) is 5.52. The molecular weight excluding hydrogens is 461 g/mol. The summed E-state index contributed by atoms with van der Waals surface area (Å²) in [5.41, 5.74) is 1.73. The lowest BCUT2D eigenvalue weighted by Crippen LogP contribution is -2.41. The van der Waals surface area contributed by atoms with E-state index < -0.39 is 23.1 Å². The van der Waals surface area contributed by atoms with Crippen molar-refractivity contribution in [2.45, 2.75) is 58.7 Å². The number of hydrogen-bond acceptors (Lipinski definition) is 5. The topological polar surface area (TPSA) is 90.9 Å². The summed E-state index contributed by atoms with van der Waals surface area (Å²) in [6.45, 7) is 11.3. The average molecular weight is 498 g/mol. The fraction of sp³-hybridized carbons (Fsp3) is 0.429. The van der Waals surface area contributed by atoms with Crippen LogP contribution in [0, 0.1) is 5.82 Å². The minimum atomic E-state index is -0.744. The molecule has 8 heteroatoms. The molecule has 1 aliphatic rings. The number of aliphatic hydroxyl groups is 1. The summed E-state index contributed by atoms with van der Waals surface area (Å²) in [4.78, 5) is 27.2. The Hall–Kier alpha value is -3.23. The fourth-order valence-electron chi connectivity index (χ4n) is 3.99. The number of piperidine rings is 1. The van der Waals surface area contributed by atoms with E-state index in [1.54, 1.807) is 32.9 Å². The molecular formula is C28H36FN3O4. The molecule has 0 saturated carbocycles. The fourth-order valence-corrected chi connectivity index (χ4v) is 3.99. The molecule has 0 radical (unpaired) electrons. The number of rotatable bonds is 6. The van der Waals surface area contributed by atoms with Crippen molar-refractivity contribution in [1.82, 2.24) is 4.90 Å². The zero-order valence-electron chi connectivity index (χ0n) is 21.7. The van der Waals surface area contributed by atoms with Crippen LogP contribution in [-0.4, -0.2) is 52.8 Å². The van der Waals surface area contributed by atoms with E-state index in [4.69, 9.17) is 4.74 Å². The monoisotopic (exact) mass is 497 g/mol. The molecule has 1 heterocycles. The number of anilines is 2. The van der Waals surface area contributed by atoms with Gasteiger partial charge >= 0.3 is 6.09 Å². The maximum Gasteiger partial charge on any atom is 0.412 e. The lowest BCUT2D eigenvalue weighted by Gasteiger charge is -2.32. The van der Waals surface area contributed by atoms with Crippen molar-refractivity contribution < 1.29 is 23.8 Å². The Morgan fingerprint density at radius 2 is 1.64 bits per heavy atom. The van der Waals surface area contributed by atoms with E-state index in [1.165, 1.54) is 17.7 Å². The van der Waals surface area contributed by atoms with E-state index in [2.05, 4.69) is 21.6 Å². The Kier molecular flexibility index (Phi) is 8.53. The maximum absolute atomic E-state index is 13.8. The first-order valence-corrected chi connectivity index (χ1v) is 12.1. The largest absolute Gasteiger partial charge is 0.444 e. The predicted molar refractivity (Wildman–Crippen MR) is 141 cm³/mol. The van der Waals surface area contributed by atoms with Gasteiger partial charge in [-0.3, -0.25) is 15.0 Å². The first kappa shape index (κ1) is 27.4. The van der Waals surface area contributed by atoms with E-state index in [1.807, 2.05) is 26.0 Å². The number of hydrogen-bond donors (Lipinski definition) is 3. The van der Waals surface area contributed by atoms with Gasteiger partial charge in [0.25, 0.3) is 5.91 Å². The molecule has 2 aromatic rings. The molecule has 0 spiro atoms. The number of carbonyl (C=O) groups is 2. The minimum absolute atomic E-state index is 0.106. The highest BCUT2D eigenvalue weighted by atomic mass is 19.1. The van der Waals surface area contributed by atoms with Gasteiger partial charge in [0, 0.05) is 25.2 Å². The Morgan fingerprint density at radius 3 is 2.22 bits per heavy atom. The van der Waals surface area contributed by atoms with E-state index in [0.717, 1.165) is 37.6 Å². The van der Waals surface area contributed by atoms with E-state index >= 15 is 0 Å². The molecule has 3 rings (SSSR count). The third-order valence-electron chi connectivity index (χ3n) is 5.52. The lowest BCUT2D eigenvalue weighted by molar-refractivity contribution is 0.0338. The van der Waals surface area contributed by atoms with E-state index in [9.17, 15) is 19.1 Å². The van der Waals surface area contributed by atoms with Crippen LogP contribution >= 0.6 is 0 Å². The van der Waals surface area contributed by atoms with Gasteiger partial charge in [-0.25, -0.2) is 9.18 Å². The second-order valence-corrected chi connectivity index (χ2v) is 10.8. The zero-order chi connectivity index (χ0) is 26.5. The number of nitrogens with zero attached hydrogens (tertiary/aromatic N) is 1. The van der Waals surface area contributed by atoms with Crippen molar-refractivity contribution in [1.29, 1.82) is 0 Å². The van der Waals surface area contributed by atoms with Gasteiger partial charge in [-0.15, -0.1) is 0 Å². The van der Waals surface area contributed by atoms with E-state index in [0.29, 0.717) is 12.1 Å². The van der Waals surface area contributed by atoms with Crippen molar-refractivity contribution in [3.63, 3.8) is 0 Å². The van der Waals surface area contributed by atoms with Gasteiger partial charge in [-0.1, -0.05) is 23.8 Å². The molecule has 3 N–H and O–H groups in total. The summed E-state index contributed by atoms with van der Waals surface area (Å²) < 4.78 is 19.0. The number of nitrogens with one attached hydrogen (secondary N) is 2. The van der Waals surface area contributed by atoms with Gasteiger partial charge < -0.3 is 15.2 Å². The van der Waals surface area contributed by atoms with Crippen molar-refractivity contribution in [2.24, 2.45) is 0 Å². The van der Waals surface area contributed by atoms with Crippen LogP contribution in [0.25, 0.3) is 6.08 Å². The van der Waals surface area contributed by atoms with E-state index in [-0.39, 0.29) is 17.3 Å². The van der Waals surface area contributed by atoms with Crippen LogP contribution in [0.5, 0.6) is 0 Å². The summed E-state index contributed by atoms with van der Waals surface area (Å²) in [7, 11) is 0. The average Bonchev–Trinajstić information content (AvgIpc) is 2.75. The highest BCUT2D eigenvalue weighted by molar-refractivity contribution is 6.07. The van der Waals surface area contributed by atoms with Crippen LogP contribution in [0.15, 0.2) is 48.0 Å². The SMILES string of the molecule is CC(C)(O)CN1CCC(=Cc2ccc(C(=O)Nc3ccc(F)cc3NC(=O)OC(C)(C)C)cc2)CC1. The molecule has 1 fully saturated rings. The van der Waals surface area contributed by atoms with Crippen molar-refractivity contribution in [2.75, 3.05) is 30.3 Å². The normalized spacial score (nSPS) is 14.8. The molecule has 0 unspecified atom stereocenters. The van der Waals surface area contributed by atoms with Gasteiger partial charge in [0.1, 0.15) is 11.4 Å². The van der Waals surface area contributed by atoms with Crippen molar-refractivity contribution in [3.8, 4) is 0 Å². The minimum Gasteiger partial charge on any atom is -0.444 e. The van der Waals surface area contributed by atoms with Gasteiger partial charge in [0.15, 0.2) is 0 Å². The summed E-state index contributed by atoms with van der Waals surface area (Å²) in [5.74, 6) is -0.935. The highest BCUT2D eigenvalue weighted by Gasteiger charge is 2.21. The Balaban J connectivity index is 1.63. The summed E-state index contributed by atoms with van der Waals surface area (Å²) in [6, 6.07) is 11.0. The number of amides is 2. The molecule has 0 aromatic heterocycles. The number of halogens is 1. The number of β-amino-alcohol motifs (C(OH)–C–C–N with tert-alkyl or cyclic N) is 1. The zero-order valence-corrected chi connectivity index (χ0v) is 21.7. The van der Waals surface area contributed by atoms with Crippen LogP contribution < -0.4 is 10.6 Å². The predicted octanol–water partition coefficient (Wildman–Crippen LogP) is 5.68. The van der Waals surface area contributed by atoms with Gasteiger partial charge in [-0.05, 0) is 83.4 Å². The van der Waals surface area contributed by atoms with Crippen molar-refractivity contribution >= 4 is 29.5 Å². The molecule has 2 amide bonds. The molecule has 1 aliphatic heterocycles. The lowest BCUT2D eigenvalue weighted by atomic mass is 9.99. The van der Waals surface area contributed by atoms with Crippen LogP contribution in [0.2, 0.25) is 0 Å². The number of carbonyl (C=O) groups excluding carboxylic acids is 2. The van der Waals surface area contributed by atoms with Crippen LogP contribution in [-0.2, 0) is 4.74 Å². The quantitative estimate of drug-likeness (QED) is 0.478. The van der Waals surface area contributed by atoms with Crippen LogP contribution in [0.4, 0.5) is 20.6 Å². The first-order chi connectivity index (χ1) is 16.8. The van der Waals surface area contributed by atoms with Crippen LogP contribution in [0.1, 0.15) is 63.4 Å². The summed E-state index contributed by atoms with van der Waals surface area (Å²) >= 11 is 0. The molecule has 0 bridgehead atoms. The molecule has 36 heavy (non-hydrogen) atoms. The first-order valence-electron chi connectivity index (χ1n) is 12.1. The Morgan fingerprint density at radius 1 is 1.00 bits per heavy atom. The molecule has 0 atom stereocenters. The van der Waals surface area contributed by atoms with Crippen molar-refractivity contribution in [3.05, 3.63) is 65.0 Å². The van der Waals surface area contributed by atoms with Gasteiger partial charge in [0.05, 0.1) is 17.0 Å². The second kappa shape index (κ2) is 11.2. The number of likely N-dealkylation sites (tertiary alicyclic amines) is 1. The van der Waals surface area contributed by atoms with Gasteiger partial charge in [-0.2, -0.15) is 0 Å². The molecule has 7 nitrogen and oxygen atoms in total. The van der Waals surface area contributed by atoms with Crippen LogP contribution in [0.3, 0.4) is 0 Å². The summed E-state index contributed by atoms with van der Waals surface area (Å²) in [5, 5.41) is 15.2. The molecule has 1 saturated heterocycles. The third kappa shape index (κ3) is 8.77. The molecule has 0 aliphatic carbocycles. The number of benzene rings is 2. The molecule has 194 valence electrons. The summed E-state index contributed by atoms with van der Waals surface area (Å²) in [6.07, 6.45) is 3.28. The molecule has 2 aromatic carbocycles. The smallest absolute Gasteiger partial charge is 0.412 e.